The van der Waals surface area contributed by atoms with Crippen molar-refractivity contribution in [2.75, 3.05) is 20.3 Å². The Labute approximate surface area is 164 Å². The molecule has 1 unspecified atom stereocenters. The Morgan fingerprint density at radius 2 is 2.00 bits per heavy atom. The number of carbonyl (C=O) groups is 1. The van der Waals surface area contributed by atoms with Crippen molar-refractivity contribution >= 4 is 16.0 Å². The van der Waals surface area contributed by atoms with Crippen molar-refractivity contribution < 1.29 is 27.4 Å². The molecule has 0 saturated carbocycles. The van der Waals surface area contributed by atoms with Gasteiger partial charge in [-0.25, -0.2) is 17.9 Å². The number of methoxy groups -OCH3 is 1. The van der Waals surface area contributed by atoms with Gasteiger partial charge in [0.25, 0.3) is 0 Å². The molecule has 2 aromatic carbocycles. The summed E-state index contributed by atoms with van der Waals surface area (Å²) in [6.45, 7) is 1.00. The summed E-state index contributed by atoms with van der Waals surface area (Å²) in [6, 6.07) is 12.9. The van der Waals surface area contributed by atoms with E-state index in [0.29, 0.717) is 12.4 Å². The summed E-state index contributed by atoms with van der Waals surface area (Å²) in [5.41, 5.74) is 1.08. The standard InChI is InChI=1S/C20H23NO6S/c1-25-17-5-2-4-15(12-17)14-27-20(22)16-7-9-19(10-8-16)28(23,24)21-13-18-6-3-11-26-18/h2,4-5,7-10,12,18,21H,3,6,11,13-14H2,1H3. The molecule has 0 bridgehead atoms. The zero-order valence-electron chi connectivity index (χ0n) is 15.6. The summed E-state index contributed by atoms with van der Waals surface area (Å²) in [5.74, 6) is 0.151. The minimum absolute atomic E-state index is 0.0827. The fourth-order valence-electron chi connectivity index (χ4n) is 2.86. The van der Waals surface area contributed by atoms with E-state index < -0.39 is 16.0 Å². The minimum Gasteiger partial charge on any atom is -0.497 e. The first kappa shape index (κ1) is 20.3. The van der Waals surface area contributed by atoms with E-state index >= 15 is 0 Å². The zero-order chi connectivity index (χ0) is 20.0. The summed E-state index contributed by atoms with van der Waals surface area (Å²) >= 11 is 0. The highest BCUT2D eigenvalue weighted by atomic mass is 32.2. The molecule has 3 rings (SSSR count). The van der Waals surface area contributed by atoms with Crippen molar-refractivity contribution in [3.63, 3.8) is 0 Å². The molecule has 1 heterocycles. The Morgan fingerprint density at radius 3 is 2.68 bits per heavy atom. The van der Waals surface area contributed by atoms with Gasteiger partial charge in [-0.3, -0.25) is 0 Å². The van der Waals surface area contributed by atoms with Gasteiger partial charge >= 0.3 is 5.97 Å². The van der Waals surface area contributed by atoms with E-state index in [2.05, 4.69) is 4.72 Å². The maximum atomic E-state index is 12.3. The lowest BCUT2D eigenvalue weighted by molar-refractivity contribution is 0.0472. The van der Waals surface area contributed by atoms with Crippen LogP contribution in [-0.2, 0) is 26.1 Å². The fourth-order valence-corrected chi connectivity index (χ4v) is 3.92. The average Bonchev–Trinajstić information content (AvgIpc) is 3.24. The monoisotopic (exact) mass is 405 g/mol. The van der Waals surface area contributed by atoms with Crippen LogP contribution in [0.3, 0.4) is 0 Å². The predicted molar refractivity (Wildman–Crippen MR) is 103 cm³/mol. The van der Waals surface area contributed by atoms with Crippen LogP contribution >= 0.6 is 0 Å². The normalized spacial score (nSPS) is 16.7. The van der Waals surface area contributed by atoms with Crippen LogP contribution in [0.4, 0.5) is 0 Å². The summed E-state index contributed by atoms with van der Waals surface area (Å²) in [7, 11) is -2.08. The van der Waals surface area contributed by atoms with Crippen LogP contribution < -0.4 is 9.46 Å². The molecule has 1 saturated heterocycles. The molecule has 0 radical (unpaired) electrons. The van der Waals surface area contributed by atoms with Gasteiger partial charge in [0, 0.05) is 13.2 Å². The number of carbonyl (C=O) groups excluding carboxylic acids is 1. The molecule has 1 aliphatic rings. The lowest BCUT2D eigenvalue weighted by Gasteiger charge is -2.11. The highest BCUT2D eigenvalue weighted by molar-refractivity contribution is 7.89. The van der Waals surface area contributed by atoms with E-state index in [9.17, 15) is 13.2 Å². The van der Waals surface area contributed by atoms with Gasteiger partial charge in [0.15, 0.2) is 0 Å². The third-order valence-electron chi connectivity index (χ3n) is 4.43. The van der Waals surface area contributed by atoms with Crippen molar-refractivity contribution in [3.05, 3.63) is 59.7 Å². The first-order valence-corrected chi connectivity index (χ1v) is 10.5. The van der Waals surface area contributed by atoms with Crippen molar-refractivity contribution in [2.24, 2.45) is 0 Å². The van der Waals surface area contributed by atoms with Crippen molar-refractivity contribution in [1.82, 2.24) is 4.72 Å². The zero-order valence-corrected chi connectivity index (χ0v) is 16.4. The van der Waals surface area contributed by atoms with E-state index in [0.717, 1.165) is 18.4 Å². The summed E-state index contributed by atoms with van der Waals surface area (Å²) in [5, 5.41) is 0. The lowest BCUT2D eigenvalue weighted by atomic mass is 10.2. The van der Waals surface area contributed by atoms with Crippen LogP contribution in [0, 0.1) is 0 Å². The Balaban J connectivity index is 1.57. The fraction of sp³-hybridized carbons (Fsp3) is 0.350. The van der Waals surface area contributed by atoms with Gasteiger partial charge in [0.05, 0.1) is 23.7 Å². The summed E-state index contributed by atoms with van der Waals surface area (Å²) in [4.78, 5) is 12.3. The van der Waals surface area contributed by atoms with Gasteiger partial charge < -0.3 is 14.2 Å². The van der Waals surface area contributed by atoms with E-state index in [-0.39, 0.29) is 29.7 Å². The largest absolute Gasteiger partial charge is 0.497 e. The van der Waals surface area contributed by atoms with E-state index in [1.807, 2.05) is 12.1 Å². The van der Waals surface area contributed by atoms with Crippen molar-refractivity contribution in [1.29, 1.82) is 0 Å². The summed E-state index contributed by atoms with van der Waals surface area (Å²) < 4.78 is 43.1. The third-order valence-corrected chi connectivity index (χ3v) is 5.87. The number of ether oxygens (including phenoxy) is 3. The quantitative estimate of drug-likeness (QED) is 0.679. The molecule has 0 amide bonds. The van der Waals surface area contributed by atoms with Crippen LogP contribution in [0.25, 0.3) is 0 Å². The second kappa shape index (κ2) is 9.18. The van der Waals surface area contributed by atoms with Gasteiger partial charge in [0.1, 0.15) is 12.4 Å². The molecular formula is C20H23NO6S. The molecule has 0 aliphatic carbocycles. The van der Waals surface area contributed by atoms with Gasteiger partial charge in [-0.1, -0.05) is 12.1 Å². The molecule has 1 aliphatic heterocycles. The highest BCUT2D eigenvalue weighted by Gasteiger charge is 2.20. The van der Waals surface area contributed by atoms with Crippen LogP contribution in [0.1, 0.15) is 28.8 Å². The maximum absolute atomic E-state index is 12.3. The number of rotatable bonds is 8. The molecule has 0 aromatic heterocycles. The average molecular weight is 405 g/mol. The molecule has 1 N–H and O–H groups in total. The van der Waals surface area contributed by atoms with E-state index in [1.165, 1.54) is 24.3 Å². The van der Waals surface area contributed by atoms with E-state index in [1.54, 1.807) is 19.2 Å². The van der Waals surface area contributed by atoms with Crippen LogP contribution in [0.5, 0.6) is 5.75 Å². The second-order valence-corrected chi connectivity index (χ2v) is 8.21. The van der Waals surface area contributed by atoms with Gasteiger partial charge in [0.2, 0.25) is 10.0 Å². The second-order valence-electron chi connectivity index (χ2n) is 6.44. The number of nitrogens with one attached hydrogen (secondary N) is 1. The molecule has 8 heteroatoms. The third kappa shape index (κ3) is 5.31. The number of esters is 1. The molecule has 0 spiro atoms. The maximum Gasteiger partial charge on any atom is 0.338 e. The summed E-state index contributed by atoms with van der Waals surface area (Å²) in [6.07, 6.45) is 1.71. The Kier molecular flexibility index (Phi) is 6.66. The molecule has 150 valence electrons. The SMILES string of the molecule is COc1cccc(COC(=O)c2ccc(S(=O)(=O)NCC3CCCO3)cc2)c1. The molecule has 1 fully saturated rings. The first-order chi connectivity index (χ1) is 13.5. The molecular weight excluding hydrogens is 382 g/mol. The van der Waals surface area contributed by atoms with E-state index in [4.69, 9.17) is 14.2 Å². The van der Waals surface area contributed by atoms with Crippen LogP contribution in [-0.4, -0.2) is 40.8 Å². The smallest absolute Gasteiger partial charge is 0.338 e. The topological polar surface area (TPSA) is 90.9 Å². The van der Waals surface area contributed by atoms with Crippen molar-refractivity contribution in [3.8, 4) is 5.75 Å². The lowest BCUT2D eigenvalue weighted by Crippen LogP contribution is -2.31. The molecule has 28 heavy (non-hydrogen) atoms. The van der Waals surface area contributed by atoms with Gasteiger partial charge in [-0.2, -0.15) is 0 Å². The first-order valence-electron chi connectivity index (χ1n) is 8.99. The minimum atomic E-state index is -3.65. The highest BCUT2D eigenvalue weighted by Crippen LogP contribution is 2.16. The number of hydrogen-bond acceptors (Lipinski definition) is 6. The van der Waals surface area contributed by atoms with Gasteiger partial charge in [-0.15, -0.1) is 0 Å². The Bertz CT molecular complexity index is 905. The van der Waals surface area contributed by atoms with Gasteiger partial charge in [-0.05, 0) is 54.8 Å². The molecule has 7 nitrogen and oxygen atoms in total. The Morgan fingerprint density at radius 1 is 1.21 bits per heavy atom. The predicted octanol–water partition coefficient (Wildman–Crippen LogP) is 2.51. The Hall–Kier alpha value is -2.42. The van der Waals surface area contributed by atoms with Crippen LogP contribution in [0.15, 0.2) is 53.4 Å². The van der Waals surface area contributed by atoms with Crippen LogP contribution in [0.2, 0.25) is 0 Å². The number of hydrogen-bond donors (Lipinski definition) is 1. The molecule has 1 atom stereocenters. The molecule has 2 aromatic rings. The number of sulfonamides is 1. The number of benzene rings is 2. The van der Waals surface area contributed by atoms with Crippen molar-refractivity contribution in [2.45, 2.75) is 30.4 Å².